The first-order valence-electron chi connectivity index (χ1n) is 15.6. The summed E-state index contributed by atoms with van der Waals surface area (Å²) in [4.78, 5) is 36.2. The minimum absolute atomic E-state index is 0. The van der Waals surface area contributed by atoms with Gasteiger partial charge in [-0.25, -0.2) is 20.0 Å². The molecular formula is C34H30N10NaO8S2. The Bertz CT molecular complexity index is 2680. The molecule has 55 heavy (non-hydrogen) atoms. The summed E-state index contributed by atoms with van der Waals surface area (Å²) in [5, 5.41) is 0. The third-order valence-corrected chi connectivity index (χ3v) is 8.99. The molecule has 0 aliphatic heterocycles. The number of nitrogens with one attached hydrogen (secondary N) is 4. The molecule has 6 rings (SSSR count). The second-order valence-corrected chi connectivity index (χ2v) is 13.7. The number of aromatic nitrogens is 6. The number of benzene rings is 4. The van der Waals surface area contributed by atoms with Crippen molar-refractivity contribution in [2.75, 3.05) is 14.2 Å². The molecule has 0 saturated heterocycles. The second-order valence-electron chi connectivity index (χ2n) is 10.9. The van der Waals surface area contributed by atoms with Gasteiger partial charge in [0.15, 0.2) is 0 Å². The van der Waals surface area contributed by atoms with Gasteiger partial charge in [-0.1, -0.05) is 60.7 Å². The van der Waals surface area contributed by atoms with Gasteiger partial charge in [0.2, 0.25) is 22.5 Å². The van der Waals surface area contributed by atoms with Crippen LogP contribution in [0.15, 0.2) is 127 Å². The normalized spacial score (nSPS) is 13.2. The van der Waals surface area contributed by atoms with Crippen LogP contribution in [-0.2, 0) is 20.2 Å². The third-order valence-electron chi connectivity index (χ3n) is 7.17. The van der Waals surface area contributed by atoms with Gasteiger partial charge in [-0.3, -0.25) is 29.0 Å². The zero-order valence-electron chi connectivity index (χ0n) is 29.2. The van der Waals surface area contributed by atoms with E-state index in [9.17, 15) is 25.9 Å². The van der Waals surface area contributed by atoms with Gasteiger partial charge in [0.1, 0.15) is 9.79 Å². The number of H-pyrrole nitrogens is 4. The van der Waals surface area contributed by atoms with Gasteiger partial charge in [0.05, 0.1) is 37.0 Å². The van der Waals surface area contributed by atoms with Gasteiger partial charge in [-0.2, -0.15) is 26.8 Å². The number of methoxy groups -OCH3 is 2. The Morgan fingerprint density at radius 2 is 0.927 bits per heavy atom. The van der Waals surface area contributed by atoms with E-state index in [1.54, 1.807) is 48.5 Å². The summed E-state index contributed by atoms with van der Waals surface area (Å²) >= 11 is 0. The molecule has 0 spiro atoms. The van der Waals surface area contributed by atoms with Crippen LogP contribution in [0.3, 0.4) is 0 Å². The number of ether oxygens (including phenoxy) is 2. The molecule has 0 aliphatic carbocycles. The number of hydrogen-bond donors (Lipinski definition) is 6. The van der Waals surface area contributed by atoms with Crippen LogP contribution < -0.4 is 31.9 Å². The average Bonchev–Trinajstić information content (AvgIpc) is 3.14. The van der Waals surface area contributed by atoms with Gasteiger partial charge in [-0.15, -0.1) is 0 Å². The summed E-state index contributed by atoms with van der Waals surface area (Å²) in [5.74, 6) is 0. The van der Waals surface area contributed by atoms with E-state index >= 15 is 0 Å². The molecule has 1 radical (unpaired) electrons. The first kappa shape index (κ1) is 40.4. The molecule has 2 aromatic heterocycles. The number of nitrogens with zero attached hydrogens (tertiary/aromatic N) is 6. The van der Waals surface area contributed by atoms with Crippen molar-refractivity contribution in [1.29, 1.82) is 0 Å². The van der Waals surface area contributed by atoms with E-state index in [0.717, 1.165) is 12.1 Å². The van der Waals surface area contributed by atoms with E-state index < -0.39 is 30.0 Å². The van der Waals surface area contributed by atoms with E-state index in [1.165, 1.54) is 50.6 Å². The fourth-order valence-electron chi connectivity index (χ4n) is 4.79. The van der Waals surface area contributed by atoms with Crippen LogP contribution in [0.4, 0.5) is 22.7 Å². The largest absolute Gasteiger partial charge is 0.468 e. The maximum Gasteiger partial charge on any atom is 0.299 e. The zero-order valence-corrected chi connectivity index (χ0v) is 32.9. The van der Waals surface area contributed by atoms with Crippen LogP contribution in [0, 0.1) is 0 Å². The quantitative estimate of drug-likeness (QED) is 0.0671. The standard InChI is InChI=1S/C34H30N10O8S2.Na/c1-51-33-41-29(35-23-9-5-3-6-10-23)39-31(43-33)37-25-17-15-21(27(19-25)53(45,46)47)13-14-22-16-18-26(20-28(22)54(48,49)50)38-32-40-30(42-34(44-32)52-2)36-24-11-7-4-8-12-24;/h3-20H,1-2H3,(H,45,46,47)(H,48,49,50)(H2,35,37,39,41,43)(H2,36,38,40,42,44);. The summed E-state index contributed by atoms with van der Waals surface area (Å²) in [6.07, 6.45) is 2.51. The van der Waals surface area contributed by atoms with Gasteiger partial charge < -0.3 is 9.47 Å². The van der Waals surface area contributed by atoms with Crippen LogP contribution in [0.25, 0.3) is 12.2 Å². The van der Waals surface area contributed by atoms with Crippen LogP contribution in [0.1, 0.15) is 11.1 Å². The average molecular weight is 794 g/mol. The molecule has 0 aliphatic rings. The smallest absolute Gasteiger partial charge is 0.299 e. The Morgan fingerprint density at radius 3 is 1.27 bits per heavy atom. The SMILES string of the molecule is COc1nc(=Nc2ccccc2)[nH]c(=Nc2ccc(C=Cc3ccc(N=c4[nH]c(OC)nc(=Nc5ccccc5)[nH]4)cc3S(=O)(=O)O)c(S(=O)(=O)O)c2)[nH]1.[Na]. The number of hydrogen-bond acceptors (Lipinski definition) is 12. The van der Waals surface area contributed by atoms with Crippen molar-refractivity contribution in [1.82, 2.24) is 29.9 Å². The molecule has 277 valence electrons. The monoisotopic (exact) mass is 793 g/mol. The maximum atomic E-state index is 12.5. The van der Waals surface area contributed by atoms with Gasteiger partial charge in [0.25, 0.3) is 32.3 Å². The maximum absolute atomic E-state index is 12.5. The van der Waals surface area contributed by atoms with E-state index in [1.807, 2.05) is 12.1 Å². The molecule has 6 N–H and O–H groups in total. The Kier molecular flexibility index (Phi) is 12.9. The molecule has 4 aromatic carbocycles. The summed E-state index contributed by atoms with van der Waals surface area (Å²) < 4.78 is 80.6. The molecule has 0 atom stereocenters. The van der Waals surface area contributed by atoms with E-state index in [2.05, 4.69) is 49.9 Å². The molecule has 0 saturated carbocycles. The Morgan fingerprint density at radius 1 is 0.545 bits per heavy atom. The van der Waals surface area contributed by atoms with Crippen molar-refractivity contribution in [2.24, 2.45) is 20.0 Å². The first-order valence-corrected chi connectivity index (χ1v) is 18.4. The predicted molar refractivity (Wildman–Crippen MR) is 200 cm³/mol. The van der Waals surface area contributed by atoms with E-state index in [-0.39, 0.29) is 86.6 Å². The number of para-hydroxylation sites is 2. The van der Waals surface area contributed by atoms with Crippen LogP contribution >= 0.6 is 0 Å². The number of rotatable bonds is 10. The van der Waals surface area contributed by atoms with Gasteiger partial charge >= 0.3 is 0 Å². The molecule has 0 amide bonds. The molecule has 0 unspecified atom stereocenters. The predicted octanol–water partition coefficient (Wildman–Crippen LogP) is 3.02. The summed E-state index contributed by atoms with van der Waals surface area (Å²) in [6, 6.07) is 25.9. The van der Waals surface area contributed by atoms with Crippen molar-refractivity contribution < 1.29 is 35.4 Å². The van der Waals surface area contributed by atoms with Crippen LogP contribution in [-0.4, -0.2) is 99.6 Å². The fraction of sp³-hybridized carbons (Fsp3) is 0.0588. The Balaban J connectivity index is 0.00000580. The van der Waals surface area contributed by atoms with Crippen LogP contribution in [0.2, 0.25) is 0 Å². The van der Waals surface area contributed by atoms with Crippen LogP contribution in [0.5, 0.6) is 12.0 Å². The number of aromatic amines is 4. The van der Waals surface area contributed by atoms with Crippen molar-refractivity contribution >= 4 is 84.7 Å². The van der Waals surface area contributed by atoms with Gasteiger partial charge in [-0.05, 0) is 59.7 Å². The minimum atomic E-state index is -4.82. The Hall–Kier alpha value is -5.74. The van der Waals surface area contributed by atoms with Crippen molar-refractivity contribution in [3.8, 4) is 12.0 Å². The summed E-state index contributed by atoms with van der Waals surface area (Å²) in [6.45, 7) is 0. The topological polar surface area (TPSA) is 266 Å². The second kappa shape index (κ2) is 17.6. The molecule has 18 nitrogen and oxygen atoms in total. The van der Waals surface area contributed by atoms with Crippen molar-refractivity contribution in [3.05, 3.63) is 131 Å². The van der Waals surface area contributed by atoms with E-state index in [0.29, 0.717) is 11.4 Å². The fourth-order valence-corrected chi connectivity index (χ4v) is 6.19. The Labute approximate surface area is 334 Å². The first-order chi connectivity index (χ1) is 25.9. The third kappa shape index (κ3) is 10.9. The molecule has 0 fully saturated rings. The minimum Gasteiger partial charge on any atom is -0.468 e. The van der Waals surface area contributed by atoms with Crippen molar-refractivity contribution in [3.63, 3.8) is 0 Å². The summed E-state index contributed by atoms with van der Waals surface area (Å²) in [7, 11) is -6.87. The van der Waals surface area contributed by atoms with E-state index in [4.69, 9.17) is 9.47 Å². The molecule has 21 heteroatoms. The molecule has 2 heterocycles. The molecular weight excluding hydrogens is 764 g/mol. The van der Waals surface area contributed by atoms with Gasteiger partial charge in [0, 0.05) is 29.6 Å². The molecule has 0 bridgehead atoms. The molecule has 6 aromatic rings. The van der Waals surface area contributed by atoms with Crippen molar-refractivity contribution in [2.45, 2.75) is 9.79 Å². The summed E-state index contributed by atoms with van der Waals surface area (Å²) in [5.41, 5.74) is 1.80. The zero-order chi connectivity index (χ0) is 38.3.